The van der Waals surface area contributed by atoms with Gasteiger partial charge >= 0.3 is 6.01 Å². The van der Waals surface area contributed by atoms with Gasteiger partial charge in [0, 0.05) is 18.8 Å². The Hall–Kier alpha value is -2.57. The SMILES string of the molecule is CCOc1nc(N)nc(N(C)c2cccc(OC)c2)n1. The van der Waals surface area contributed by atoms with Crippen LogP contribution in [0.15, 0.2) is 24.3 Å². The van der Waals surface area contributed by atoms with Crippen LogP contribution >= 0.6 is 0 Å². The lowest BCUT2D eigenvalue weighted by Gasteiger charge is -2.18. The van der Waals surface area contributed by atoms with Gasteiger partial charge < -0.3 is 20.1 Å². The molecule has 0 aliphatic rings. The number of methoxy groups -OCH3 is 1. The normalized spacial score (nSPS) is 10.2. The molecule has 7 nitrogen and oxygen atoms in total. The highest BCUT2D eigenvalue weighted by Crippen LogP contribution is 2.25. The molecule has 106 valence electrons. The Kier molecular flexibility index (Phi) is 4.19. The molecule has 0 aliphatic heterocycles. The average Bonchev–Trinajstić information content (AvgIpc) is 2.46. The highest BCUT2D eigenvalue weighted by molar-refractivity contribution is 5.59. The Bertz CT molecular complexity index is 591. The molecular formula is C13H17N5O2. The Balaban J connectivity index is 2.34. The van der Waals surface area contributed by atoms with Crippen molar-refractivity contribution in [2.75, 3.05) is 31.4 Å². The van der Waals surface area contributed by atoms with Crippen molar-refractivity contribution in [2.45, 2.75) is 6.92 Å². The highest BCUT2D eigenvalue weighted by Gasteiger charge is 2.12. The van der Waals surface area contributed by atoms with Crippen molar-refractivity contribution in [2.24, 2.45) is 0 Å². The molecule has 2 rings (SSSR count). The maximum atomic E-state index is 5.67. The monoisotopic (exact) mass is 275 g/mol. The molecule has 0 radical (unpaired) electrons. The van der Waals surface area contributed by atoms with E-state index in [-0.39, 0.29) is 12.0 Å². The van der Waals surface area contributed by atoms with Gasteiger partial charge in [0.25, 0.3) is 0 Å². The van der Waals surface area contributed by atoms with Crippen molar-refractivity contribution in [1.29, 1.82) is 0 Å². The van der Waals surface area contributed by atoms with Crippen molar-refractivity contribution in [3.63, 3.8) is 0 Å². The maximum Gasteiger partial charge on any atom is 0.323 e. The third-order valence-corrected chi connectivity index (χ3v) is 2.63. The number of hydrogen-bond acceptors (Lipinski definition) is 7. The fraction of sp³-hybridized carbons (Fsp3) is 0.308. The van der Waals surface area contributed by atoms with Crippen molar-refractivity contribution >= 4 is 17.6 Å². The predicted molar refractivity (Wildman–Crippen MR) is 76.5 cm³/mol. The summed E-state index contributed by atoms with van der Waals surface area (Å²) in [4.78, 5) is 14.0. The number of nitrogens with two attached hydrogens (primary N) is 1. The molecule has 1 heterocycles. The molecule has 0 fully saturated rings. The molecular weight excluding hydrogens is 258 g/mol. The van der Waals surface area contributed by atoms with E-state index in [1.807, 2.05) is 38.2 Å². The molecule has 0 unspecified atom stereocenters. The molecule has 20 heavy (non-hydrogen) atoms. The van der Waals surface area contributed by atoms with Crippen LogP contribution in [0, 0.1) is 0 Å². The fourth-order valence-electron chi connectivity index (χ4n) is 1.64. The number of nitrogen functional groups attached to an aromatic ring is 1. The summed E-state index contributed by atoms with van der Waals surface area (Å²) >= 11 is 0. The van der Waals surface area contributed by atoms with E-state index in [0.29, 0.717) is 12.6 Å². The van der Waals surface area contributed by atoms with Crippen LogP contribution < -0.4 is 20.1 Å². The lowest BCUT2D eigenvalue weighted by molar-refractivity contribution is 0.312. The first-order valence-electron chi connectivity index (χ1n) is 6.16. The molecule has 1 aromatic carbocycles. The molecule has 0 atom stereocenters. The van der Waals surface area contributed by atoms with Crippen LogP contribution in [-0.2, 0) is 0 Å². The number of aromatic nitrogens is 3. The van der Waals surface area contributed by atoms with E-state index in [4.69, 9.17) is 15.2 Å². The minimum absolute atomic E-state index is 0.119. The zero-order chi connectivity index (χ0) is 14.5. The van der Waals surface area contributed by atoms with Crippen LogP contribution in [0.2, 0.25) is 0 Å². The molecule has 2 aromatic rings. The van der Waals surface area contributed by atoms with Gasteiger partial charge in [-0.05, 0) is 19.1 Å². The van der Waals surface area contributed by atoms with Gasteiger partial charge in [0.2, 0.25) is 11.9 Å². The number of anilines is 3. The number of rotatable bonds is 5. The van der Waals surface area contributed by atoms with E-state index < -0.39 is 0 Å². The maximum absolute atomic E-state index is 5.67. The Labute approximate surface area is 117 Å². The quantitative estimate of drug-likeness (QED) is 0.887. The predicted octanol–water partition coefficient (Wildman–Crippen LogP) is 1.63. The van der Waals surface area contributed by atoms with Crippen LogP contribution in [0.1, 0.15) is 6.92 Å². The summed E-state index contributed by atoms with van der Waals surface area (Å²) in [6.45, 7) is 2.32. The standard InChI is InChI=1S/C13H17N5O2/c1-4-20-13-16-11(14)15-12(17-13)18(2)9-6-5-7-10(8-9)19-3/h5-8H,4H2,1-3H3,(H2,14,15,16,17). The first-order valence-corrected chi connectivity index (χ1v) is 6.16. The summed E-state index contributed by atoms with van der Waals surface area (Å²) in [6.07, 6.45) is 0. The van der Waals surface area contributed by atoms with Crippen LogP contribution in [0.4, 0.5) is 17.6 Å². The summed E-state index contributed by atoms with van der Waals surface area (Å²) in [5.74, 6) is 1.28. The third-order valence-electron chi connectivity index (χ3n) is 2.63. The van der Waals surface area contributed by atoms with E-state index >= 15 is 0 Å². The molecule has 0 saturated carbocycles. The molecule has 0 saturated heterocycles. The molecule has 0 spiro atoms. The van der Waals surface area contributed by atoms with E-state index in [1.165, 1.54) is 0 Å². The molecule has 7 heteroatoms. The van der Waals surface area contributed by atoms with Gasteiger partial charge in [0.05, 0.1) is 13.7 Å². The van der Waals surface area contributed by atoms with Gasteiger partial charge in [-0.3, -0.25) is 0 Å². The van der Waals surface area contributed by atoms with Crippen LogP contribution in [0.3, 0.4) is 0 Å². The van der Waals surface area contributed by atoms with Gasteiger partial charge in [-0.2, -0.15) is 15.0 Å². The largest absolute Gasteiger partial charge is 0.497 e. The molecule has 0 aliphatic carbocycles. The minimum atomic E-state index is 0.119. The smallest absolute Gasteiger partial charge is 0.323 e. The Morgan fingerprint density at radius 1 is 1.25 bits per heavy atom. The van der Waals surface area contributed by atoms with Gasteiger partial charge in [0.1, 0.15) is 5.75 Å². The van der Waals surface area contributed by atoms with Crippen molar-refractivity contribution < 1.29 is 9.47 Å². The van der Waals surface area contributed by atoms with Crippen molar-refractivity contribution in [1.82, 2.24) is 15.0 Å². The molecule has 1 aromatic heterocycles. The zero-order valence-electron chi connectivity index (χ0n) is 11.7. The summed E-state index contributed by atoms with van der Waals surface area (Å²) in [5.41, 5.74) is 6.54. The first-order chi connectivity index (χ1) is 9.63. The molecule has 0 amide bonds. The second-order valence-corrected chi connectivity index (χ2v) is 3.97. The summed E-state index contributed by atoms with van der Waals surface area (Å²) in [5, 5.41) is 0. The van der Waals surface area contributed by atoms with E-state index in [9.17, 15) is 0 Å². The van der Waals surface area contributed by atoms with E-state index in [0.717, 1.165) is 11.4 Å². The number of ether oxygens (including phenoxy) is 2. The number of hydrogen-bond donors (Lipinski definition) is 1. The zero-order valence-corrected chi connectivity index (χ0v) is 11.7. The molecule has 2 N–H and O–H groups in total. The summed E-state index contributed by atoms with van der Waals surface area (Å²) in [7, 11) is 3.45. The summed E-state index contributed by atoms with van der Waals surface area (Å²) < 4.78 is 10.5. The second-order valence-electron chi connectivity index (χ2n) is 3.97. The highest BCUT2D eigenvalue weighted by atomic mass is 16.5. The van der Waals surface area contributed by atoms with Gasteiger partial charge in [0.15, 0.2) is 0 Å². The van der Waals surface area contributed by atoms with E-state index in [2.05, 4.69) is 15.0 Å². The number of benzene rings is 1. The minimum Gasteiger partial charge on any atom is -0.497 e. The fourth-order valence-corrected chi connectivity index (χ4v) is 1.64. The van der Waals surface area contributed by atoms with E-state index in [1.54, 1.807) is 12.0 Å². The molecule has 0 bridgehead atoms. The second kappa shape index (κ2) is 6.05. The van der Waals surface area contributed by atoms with Crippen molar-refractivity contribution in [3.05, 3.63) is 24.3 Å². The van der Waals surface area contributed by atoms with Gasteiger partial charge in [-0.25, -0.2) is 0 Å². The summed E-state index contributed by atoms with van der Waals surface area (Å²) in [6, 6.07) is 7.76. The van der Waals surface area contributed by atoms with Gasteiger partial charge in [-0.1, -0.05) is 6.07 Å². The van der Waals surface area contributed by atoms with Crippen LogP contribution in [-0.4, -0.2) is 35.7 Å². The first kappa shape index (κ1) is 13.9. The third kappa shape index (κ3) is 3.05. The van der Waals surface area contributed by atoms with Gasteiger partial charge in [-0.15, -0.1) is 0 Å². The average molecular weight is 275 g/mol. The van der Waals surface area contributed by atoms with Crippen molar-refractivity contribution in [3.8, 4) is 11.8 Å². The Morgan fingerprint density at radius 2 is 2.05 bits per heavy atom. The topological polar surface area (TPSA) is 86.4 Å². The number of nitrogens with zero attached hydrogens (tertiary/aromatic N) is 4. The lowest BCUT2D eigenvalue weighted by Crippen LogP contribution is -2.15. The lowest BCUT2D eigenvalue weighted by atomic mass is 10.3. The Morgan fingerprint density at radius 3 is 2.75 bits per heavy atom. The van der Waals surface area contributed by atoms with Crippen LogP contribution in [0.5, 0.6) is 11.8 Å². The van der Waals surface area contributed by atoms with Crippen LogP contribution in [0.25, 0.3) is 0 Å².